The summed E-state index contributed by atoms with van der Waals surface area (Å²) in [6.07, 6.45) is 1.99. The predicted molar refractivity (Wildman–Crippen MR) is 106 cm³/mol. The minimum absolute atomic E-state index is 0. The van der Waals surface area contributed by atoms with E-state index in [1.54, 1.807) is 25.2 Å². The van der Waals surface area contributed by atoms with Gasteiger partial charge in [0.05, 0.1) is 11.5 Å². The highest BCUT2D eigenvalue weighted by Crippen LogP contribution is 2.17. The summed E-state index contributed by atoms with van der Waals surface area (Å²) in [5.41, 5.74) is 1.90. The Morgan fingerprint density at radius 2 is 2.04 bits per heavy atom. The van der Waals surface area contributed by atoms with Crippen molar-refractivity contribution in [3.63, 3.8) is 0 Å². The molecule has 1 aromatic carbocycles. The average molecular weight is 443 g/mol. The number of nitrogens with one attached hydrogen (secondary N) is 1. The van der Waals surface area contributed by atoms with Gasteiger partial charge in [0.15, 0.2) is 5.96 Å². The zero-order valence-electron chi connectivity index (χ0n) is 14.0. The number of aliphatic imine (C=N–C) groups is 1. The fraction of sp³-hybridized carbons (Fsp3) is 0.312. The molecule has 0 bridgehead atoms. The summed E-state index contributed by atoms with van der Waals surface area (Å²) in [5.74, 6) is 0.685. The first-order chi connectivity index (χ1) is 11.0. The van der Waals surface area contributed by atoms with Gasteiger partial charge in [-0.05, 0) is 12.1 Å². The summed E-state index contributed by atoms with van der Waals surface area (Å²) in [7, 11) is 5.62. The van der Waals surface area contributed by atoms with E-state index in [2.05, 4.69) is 10.3 Å². The number of guanidine groups is 1. The van der Waals surface area contributed by atoms with Gasteiger partial charge in [-0.3, -0.25) is 15.1 Å². The fourth-order valence-electron chi connectivity index (χ4n) is 2.38. The van der Waals surface area contributed by atoms with E-state index < -0.39 is 0 Å². The molecule has 2 rings (SSSR count). The molecule has 0 aliphatic carbocycles. The van der Waals surface area contributed by atoms with Crippen molar-refractivity contribution in [2.45, 2.75) is 13.1 Å². The second-order valence-electron chi connectivity index (χ2n) is 5.25. The van der Waals surface area contributed by atoms with Gasteiger partial charge in [-0.15, -0.1) is 24.0 Å². The molecule has 1 aromatic heterocycles. The van der Waals surface area contributed by atoms with E-state index in [1.165, 1.54) is 6.07 Å². The summed E-state index contributed by atoms with van der Waals surface area (Å²) in [6, 6.07) is 10.8. The van der Waals surface area contributed by atoms with Crippen molar-refractivity contribution in [2.75, 3.05) is 14.1 Å². The molecule has 1 N–H and O–H groups in total. The summed E-state index contributed by atoms with van der Waals surface area (Å²) in [4.78, 5) is 16.9. The van der Waals surface area contributed by atoms with Crippen LogP contribution in [-0.4, -0.2) is 34.4 Å². The number of hydrogen-bond donors (Lipinski definition) is 1. The minimum atomic E-state index is -0.368. The number of nitro groups is 1. The Balaban J connectivity index is 0.00000288. The third kappa shape index (κ3) is 4.95. The molecule has 0 saturated carbocycles. The van der Waals surface area contributed by atoms with Gasteiger partial charge in [0, 0.05) is 51.2 Å². The molecule has 0 radical (unpaired) electrons. The molecule has 0 aliphatic rings. The smallest absolute Gasteiger partial charge is 0.274 e. The van der Waals surface area contributed by atoms with Crippen LogP contribution >= 0.6 is 24.0 Å². The molecule has 1 heterocycles. The maximum Gasteiger partial charge on any atom is 0.274 e. The molecule has 24 heavy (non-hydrogen) atoms. The van der Waals surface area contributed by atoms with Crippen LogP contribution in [0.15, 0.2) is 47.6 Å². The Morgan fingerprint density at radius 3 is 2.62 bits per heavy atom. The van der Waals surface area contributed by atoms with Crippen molar-refractivity contribution in [3.8, 4) is 0 Å². The Kier molecular flexibility index (Phi) is 7.69. The molecule has 130 valence electrons. The molecular formula is C16H22IN5O2. The maximum atomic E-state index is 11.1. The Bertz CT molecular complexity index is 714. The van der Waals surface area contributed by atoms with Gasteiger partial charge in [0.25, 0.3) is 5.69 Å². The van der Waals surface area contributed by atoms with Crippen molar-refractivity contribution in [1.29, 1.82) is 0 Å². The zero-order valence-corrected chi connectivity index (χ0v) is 16.3. The molecule has 0 amide bonds. The summed E-state index contributed by atoms with van der Waals surface area (Å²) in [5, 5.41) is 14.2. The second kappa shape index (κ2) is 9.26. The van der Waals surface area contributed by atoms with Crippen LogP contribution in [0.3, 0.4) is 0 Å². The van der Waals surface area contributed by atoms with Crippen molar-refractivity contribution in [3.05, 3.63) is 64.0 Å². The minimum Gasteiger partial charge on any atom is -0.353 e. The Morgan fingerprint density at radius 1 is 1.33 bits per heavy atom. The van der Waals surface area contributed by atoms with Gasteiger partial charge in [-0.25, -0.2) is 0 Å². The first kappa shape index (κ1) is 19.9. The van der Waals surface area contributed by atoms with Crippen LogP contribution in [0, 0.1) is 10.1 Å². The number of para-hydroxylation sites is 1. The van der Waals surface area contributed by atoms with Crippen molar-refractivity contribution >= 4 is 35.6 Å². The number of nitro benzene ring substituents is 1. The first-order valence-corrected chi connectivity index (χ1v) is 7.27. The molecule has 2 aromatic rings. The number of hydrogen-bond acceptors (Lipinski definition) is 3. The molecule has 8 heteroatoms. The van der Waals surface area contributed by atoms with E-state index in [4.69, 9.17) is 0 Å². The van der Waals surface area contributed by atoms with Crippen LogP contribution in [0.25, 0.3) is 0 Å². The van der Waals surface area contributed by atoms with Crippen LogP contribution in [0.5, 0.6) is 0 Å². The largest absolute Gasteiger partial charge is 0.353 e. The van der Waals surface area contributed by atoms with Gasteiger partial charge >= 0.3 is 0 Å². The van der Waals surface area contributed by atoms with E-state index in [0.29, 0.717) is 24.6 Å². The first-order valence-electron chi connectivity index (χ1n) is 7.27. The lowest BCUT2D eigenvalue weighted by Gasteiger charge is -2.22. The molecule has 7 nitrogen and oxygen atoms in total. The summed E-state index contributed by atoms with van der Waals surface area (Å²) >= 11 is 0. The summed E-state index contributed by atoms with van der Waals surface area (Å²) < 4.78 is 2.05. The second-order valence-corrected chi connectivity index (χ2v) is 5.25. The highest BCUT2D eigenvalue weighted by atomic mass is 127. The third-order valence-corrected chi connectivity index (χ3v) is 3.65. The monoisotopic (exact) mass is 443 g/mol. The van der Waals surface area contributed by atoms with Crippen molar-refractivity contribution in [1.82, 2.24) is 14.8 Å². The van der Waals surface area contributed by atoms with Gasteiger partial charge in [-0.1, -0.05) is 18.2 Å². The molecule has 0 fully saturated rings. The Hall–Kier alpha value is -2.10. The van der Waals surface area contributed by atoms with E-state index in [0.717, 1.165) is 5.69 Å². The highest BCUT2D eigenvalue weighted by molar-refractivity contribution is 14.0. The standard InChI is InChI=1S/C16H21N5O2.HI/c1-17-16(20(3)12-14-8-6-10-19(14)2)18-11-13-7-4-5-9-15(13)21(22)23;/h4-10H,11-12H2,1-3H3,(H,17,18);1H. The Labute approximate surface area is 158 Å². The van der Waals surface area contributed by atoms with Crippen molar-refractivity contribution < 1.29 is 4.92 Å². The molecule has 0 saturated heterocycles. The summed E-state index contributed by atoms with van der Waals surface area (Å²) in [6.45, 7) is 1.04. The van der Waals surface area contributed by atoms with Gasteiger partial charge in [0.1, 0.15) is 0 Å². The number of rotatable bonds is 5. The lowest BCUT2D eigenvalue weighted by atomic mass is 10.2. The highest BCUT2D eigenvalue weighted by Gasteiger charge is 2.14. The molecule has 0 unspecified atom stereocenters. The van der Waals surface area contributed by atoms with Crippen LogP contribution < -0.4 is 5.32 Å². The normalized spacial score (nSPS) is 10.9. The van der Waals surface area contributed by atoms with Crippen LogP contribution in [0.1, 0.15) is 11.3 Å². The van der Waals surface area contributed by atoms with E-state index in [-0.39, 0.29) is 34.6 Å². The SMILES string of the molecule is CN=C(NCc1ccccc1[N+](=O)[O-])N(C)Cc1cccn1C.I. The molecule has 0 spiro atoms. The number of aromatic nitrogens is 1. The van der Waals surface area contributed by atoms with E-state index in [1.807, 2.05) is 41.9 Å². The molecular weight excluding hydrogens is 421 g/mol. The average Bonchev–Trinajstić information content (AvgIpc) is 2.93. The molecule has 0 aliphatic heterocycles. The maximum absolute atomic E-state index is 11.1. The third-order valence-electron chi connectivity index (χ3n) is 3.65. The number of aryl methyl sites for hydroxylation is 1. The van der Waals surface area contributed by atoms with E-state index in [9.17, 15) is 10.1 Å². The van der Waals surface area contributed by atoms with Gasteiger partial charge in [-0.2, -0.15) is 0 Å². The van der Waals surface area contributed by atoms with Gasteiger partial charge in [0.2, 0.25) is 0 Å². The number of nitrogens with zero attached hydrogens (tertiary/aromatic N) is 4. The predicted octanol–water partition coefficient (Wildman–Crippen LogP) is 2.76. The number of halogens is 1. The van der Waals surface area contributed by atoms with Crippen molar-refractivity contribution in [2.24, 2.45) is 12.0 Å². The van der Waals surface area contributed by atoms with Crippen LogP contribution in [-0.2, 0) is 20.1 Å². The number of benzene rings is 1. The fourth-order valence-corrected chi connectivity index (χ4v) is 2.38. The topological polar surface area (TPSA) is 75.7 Å². The lowest BCUT2D eigenvalue weighted by Crippen LogP contribution is -2.38. The van der Waals surface area contributed by atoms with Crippen LogP contribution in [0.4, 0.5) is 5.69 Å². The lowest BCUT2D eigenvalue weighted by molar-refractivity contribution is -0.385. The quantitative estimate of drug-likeness (QED) is 0.254. The zero-order chi connectivity index (χ0) is 16.8. The molecule has 0 atom stereocenters. The van der Waals surface area contributed by atoms with Crippen LogP contribution in [0.2, 0.25) is 0 Å². The van der Waals surface area contributed by atoms with Gasteiger partial charge < -0.3 is 14.8 Å². The van der Waals surface area contributed by atoms with E-state index >= 15 is 0 Å².